The van der Waals surface area contributed by atoms with Gasteiger partial charge < -0.3 is 18.8 Å². The van der Waals surface area contributed by atoms with Gasteiger partial charge in [0.05, 0.1) is 18.6 Å². The number of nitrogens with zero attached hydrogens (tertiary/aromatic N) is 4. The van der Waals surface area contributed by atoms with Gasteiger partial charge in [-0.1, -0.05) is 54.2 Å². The Balaban J connectivity index is 1.32. The van der Waals surface area contributed by atoms with E-state index in [1.807, 2.05) is 64.9 Å². The molecule has 1 aliphatic heterocycles. The van der Waals surface area contributed by atoms with Gasteiger partial charge in [0.15, 0.2) is 22.4 Å². The van der Waals surface area contributed by atoms with E-state index in [0.29, 0.717) is 49.6 Å². The van der Waals surface area contributed by atoms with E-state index >= 15 is 0 Å². The zero-order valence-electron chi connectivity index (χ0n) is 19.4. The second kappa shape index (κ2) is 10.7. The van der Waals surface area contributed by atoms with E-state index in [2.05, 4.69) is 22.3 Å². The van der Waals surface area contributed by atoms with Gasteiger partial charge in [0.2, 0.25) is 11.7 Å². The lowest BCUT2D eigenvalue weighted by atomic mass is 10.1. The molecule has 2 aromatic heterocycles. The molecule has 0 atom stereocenters. The topological polar surface area (TPSA) is 82.6 Å². The van der Waals surface area contributed by atoms with Crippen molar-refractivity contribution in [3.05, 3.63) is 78.1 Å². The number of hydrogen-bond acceptors (Lipinski definition) is 7. The van der Waals surface area contributed by atoms with Gasteiger partial charge >= 0.3 is 0 Å². The van der Waals surface area contributed by atoms with Gasteiger partial charge in [-0.25, -0.2) is 0 Å². The number of rotatable bonds is 9. The van der Waals surface area contributed by atoms with Crippen molar-refractivity contribution in [2.75, 3.05) is 25.5 Å². The maximum Gasteiger partial charge on any atom is 0.233 e. The van der Waals surface area contributed by atoms with Crippen LogP contribution in [0.4, 0.5) is 0 Å². The Bertz CT molecular complexity index is 1270. The van der Waals surface area contributed by atoms with E-state index in [0.717, 1.165) is 22.6 Å². The van der Waals surface area contributed by atoms with Crippen LogP contribution in [0.15, 0.2) is 76.5 Å². The van der Waals surface area contributed by atoms with Crippen LogP contribution in [0.2, 0.25) is 0 Å². The lowest BCUT2D eigenvalue weighted by Crippen LogP contribution is -2.32. The van der Waals surface area contributed by atoms with E-state index in [1.165, 1.54) is 11.8 Å². The largest absolute Gasteiger partial charge is 0.486 e. The van der Waals surface area contributed by atoms with Crippen LogP contribution in [0.3, 0.4) is 0 Å². The van der Waals surface area contributed by atoms with Crippen molar-refractivity contribution >= 4 is 17.7 Å². The number of fused-ring (bicyclic) bond motifs is 1. The lowest BCUT2D eigenvalue weighted by molar-refractivity contribution is -0.128. The number of benzene rings is 2. The minimum Gasteiger partial charge on any atom is -0.486 e. The predicted octanol–water partition coefficient (Wildman–Crippen LogP) is 4.50. The number of aromatic nitrogens is 3. The maximum absolute atomic E-state index is 13.2. The van der Waals surface area contributed by atoms with Crippen LogP contribution in [-0.2, 0) is 17.9 Å². The maximum atomic E-state index is 13.2. The number of carbonyl (C=O) groups excluding carboxylic acids is 1. The van der Waals surface area contributed by atoms with Gasteiger partial charge in [0.1, 0.15) is 13.2 Å². The van der Waals surface area contributed by atoms with E-state index in [1.54, 1.807) is 6.26 Å². The number of ether oxygens (including phenoxy) is 2. The van der Waals surface area contributed by atoms with E-state index in [-0.39, 0.29) is 11.7 Å². The van der Waals surface area contributed by atoms with Crippen LogP contribution in [0.1, 0.15) is 18.1 Å². The Hall–Kier alpha value is -3.72. The fourth-order valence-corrected chi connectivity index (χ4v) is 4.79. The fourth-order valence-electron chi connectivity index (χ4n) is 3.95. The van der Waals surface area contributed by atoms with Gasteiger partial charge in [-0.3, -0.25) is 9.36 Å². The van der Waals surface area contributed by atoms with E-state index < -0.39 is 0 Å². The Labute approximate surface area is 207 Å². The number of furan rings is 1. The van der Waals surface area contributed by atoms with Crippen molar-refractivity contribution in [1.82, 2.24) is 19.7 Å². The number of hydrogen-bond donors (Lipinski definition) is 0. The Morgan fingerprint density at radius 3 is 2.69 bits per heavy atom. The first-order chi connectivity index (χ1) is 17.2. The first kappa shape index (κ1) is 23.0. The zero-order chi connectivity index (χ0) is 24.0. The highest BCUT2D eigenvalue weighted by atomic mass is 32.2. The van der Waals surface area contributed by atoms with Gasteiger partial charge in [-0.2, -0.15) is 0 Å². The lowest BCUT2D eigenvalue weighted by Gasteiger charge is -2.25. The second-order valence-electron chi connectivity index (χ2n) is 7.99. The SMILES string of the molecule is CCN(Cc1cccc2c1OCCO2)C(=O)CSc1nnc(-c2ccco2)n1Cc1ccccc1. The summed E-state index contributed by atoms with van der Waals surface area (Å²) in [7, 11) is 0. The van der Waals surface area contributed by atoms with Crippen LogP contribution >= 0.6 is 11.8 Å². The molecule has 3 heterocycles. The summed E-state index contributed by atoms with van der Waals surface area (Å²) in [6.45, 7) is 4.63. The van der Waals surface area contributed by atoms with Crippen molar-refractivity contribution in [2.24, 2.45) is 0 Å². The average molecular weight is 491 g/mol. The first-order valence-corrected chi connectivity index (χ1v) is 12.5. The van der Waals surface area contributed by atoms with E-state index in [4.69, 9.17) is 13.9 Å². The highest BCUT2D eigenvalue weighted by molar-refractivity contribution is 7.99. The number of para-hydroxylation sites is 1. The summed E-state index contributed by atoms with van der Waals surface area (Å²) in [5, 5.41) is 9.40. The summed E-state index contributed by atoms with van der Waals surface area (Å²) in [6, 6.07) is 19.6. The molecule has 4 aromatic rings. The minimum atomic E-state index is 0.0145. The van der Waals surface area contributed by atoms with Crippen molar-refractivity contribution < 1.29 is 18.7 Å². The Morgan fingerprint density at radius 1 is 1.03 bits per heavy atom. The molecule has 35 heavy (non-hydrogen) atoms. The average Bonchev–Trinajstić information content (AvgIpc) is 3.57. The number of amides is 1. The van der Waals surface area contributed by atoms with Crippen molar-refractivity contribution in [3.8, 4) is 23.1 Å². The summed E-state index contributed by atoms with van der Waals surface area (Å²) in [5.41, 5.74) is 2.05. The highest BCUT2D eigenvalue weighted by Gasteiger charge is 2.22. The molecule has 0 radical (unpaired) electrons. The standard InChI is InChI=1S/C26H26N4O4S/c1-2-29(17-20-10-6-11-21-24(20)34-15-14-33-21)23(31)18-35-26-28-27-25(22-12-7-13-32-22)30(26)16-19-8-4-3-5-9-19/h3-13H,2,14-18H2,1H3. The zero-order valence-corrected chi connectivity index (χ0v) is 20.2. The summed E-state index contributed by atoms with van der Waals surface area (Å²) in [6.07, 6.45) is 1.61. The van der Waals surface area contributed by atoms with Gasteiger partial charge in [0.25, 0.3) is 0 Å². The summed E-state index contributed by atoms with van der Waals surface area (Å²) < 4.78 is 19.1. The van der Waals surface area contributed by atoms with Crippen LogP contribution in [-0.4, -0.2) is 51.1 Å². The summed E-state index contributed by atoms with van der Waals surface area (Å²) in [4.78, 5) is 15.0. The molecule has 0 fully saturated rings. The molecule has 0 saturated heterocycles. The number of carbonyl (C=O) groups is 1. The molecule has 9 heteroatoms. The Kier molecular flexibility index (Phi) is 7.04. The molecule has 180 valence electrons. The molecule has 0 aliphatic carbocycles. The first-order valence-electron chi connectivity index (χ1n) is 11.5. The molecule has 0 N–H and O–H groups in total. The van der Waals surface area contributed by atoms with E-state index in [9.17, 15) is 4.79 Å². The molecule has 0 spiro atoms. The summed E-state index contributed by atoms with van der Waals surface area (Å²) >= 11 is 1.38. The predicted molar refractivity (Wildman–Crippen MR) is 133 cm³/mol. The molecule has 1 aliphatic rings. The molecule has 0 unspecified atom stereocenters. The Morgan fingerprint density at radius 2 is 1.89 bits per heavy atom. The molecule has 8 nitrogen and oxygen atoms in total. The summed E-state index contributed by atoms with van der Waals surface area (Å²) in [5.74, 6) is 2.98. The molecule has 5 rings (SSSR count). The third-order valence-corrected chi connectivity index (χ3v) is 6.66. The van der Waals surface area contributed by atoms with Crippen LogP contribution in [0.5, 0.6) is 11.5 Å². The molecular formula is C26H26N4O4S. The smallest absolute Gasteiger partial charge is 0.233 e. The molecule has 0 saturated carbocycles. The third kappa shape index (κ3) is 5.19. The van der Waals surface area contributed by atoms with Crippen molar-refractivity contribution in [3.63, 3.8) is 0 Å². The number of thioether (sulfide) groups is 1. The van der Waals surface area contributed by atoms with Crippen LogP contribution in [0.25, 0.3) is 11.6 Å². The van der Waals surface area contributed by atoms with Crippen molar-refractivity contribution in [1.29, 1.82) is 0 Å². The third-order valence-electron chi connectivity index (χ3n) is 5.71. The van der Waals surface area contributed by atoms with Gasteiger partial charge in [-0.15, -0.1) is 10.2 Å². The molecule has 2 aromatic carbocycles. The second-order valence-corrected chi connectivity index (χ2v) is 8.94. The fraction of sp³-hybridized carbons (Fsp3) is 0.269. The van der Waals surface area contributed by atoms with Crippen LogP contribution < -0.4 is 9.47 Å². The normalized spacial score (nSPS) is 12.5. The minimum absolute atomic E-state index is 0.0145. The van der Waals surface area contributed by atoms with Crippen LogP contribution in [0, 0.1) is 0 Å². The quantitative estimate of drug-likeness (QED) is 0.320. The van der Waals surface area contributed by atoms with Gasteiger partial charge in [-0.05, 0) is 30.7 Å². The van der Waals surface area contributed by atoms with Crippen molar-refractivity contribution in [2.45, 2.75) is 25.2 Å². The van der Waals surface area contributed by atoms with Gasteiger partial charge in [0, 0.05) is 18.7 Å². The highest BCUT2D eigenvalue weighted by Crippen LogP contribution is 2.34. The molecule has 1 amide bonds. The molecular weight excluding hydrogens is 464 g/mol. The monoisotopic (exact) mass is 490 g/mol. The molecule has 0 bridgehead atoms.